The van der Waals surface area contributed by atoms with Crippen LogP contribution < -0.4 is 5.32 Å². The lowest BCUT2D eigenvalue weighted by atomic mass is 10.0. The van der Waals surface area contributed by atoms with Crippen molar-refractivity contribution in [2.45, 2.75) is 32.9 Å². The number of thiophene rings is 1. The molecule has 0 aliphatic carbocycles. The maximum absolute atomic E-state index is 10.6. The van der Waals surface area contributed by atoms with Crippen molar-refractivity contribution in [3.63, 3.8) is 0 Å². The number of nitrogens with zero attached hydrogens (tertiary/aromatic N) is 1. The second kappa shape index (κ2) is 6.63. The van der Waals surface area contributed by atoms with Crippen LogP contribution in [0.4, 0.5) is 5.00 Å². The summed E-state index contributed by atoms with van der Waals surface area (Å²) in [6.45, 7) is 5.77. The number of nitrogens with one attached hydrogen (secondary N) is 1. The predicted octanol–water partition coefficient (Wildman–Crippen LogP) is 4.07. The molecule has 20 heavy (non-hydrogen) atoms. The van der Waals surface area contributed by atoms with Gasteiger partial charge in [-0.05, 0) is 22.6 Å². The highest BCUT2D eigenvalue weighted by Crippen LogP contribution is 2.22. The van der Waals surface area contributed by atoms with Gasteiger partial charge in [-0.2, -0.15) is 0 Å². The standard InChI is InChI=1S/C15H18N2O2S/c1-11(2)14-5-3-12(4-6-14)8-16-9-13-7-15(17(18)19)20-10-13/h3-7,10-11,16H,8-9H2,1-2H3. The van der Waals surface area contributed by atoms with Crippen LogP contribution in [0.15, 0.2) is 35.7 Å². The van der Waals surface area contributed by atoms with Gasteiger partial charge < -0.3 is 5.32 Å². The van der Waals surface area contributed by atoms with Crippen LogP contribution in [0.3, 0.4) is 0 Å². The summed E-state index contributed by atoms with van der Waals surface area (Å²) >= 11 is 1.17. The summed E-state index contributed by atoms with van der Waals surface area (Å²) in [5.74, 6) is 0.545. The van der Waals surface area contributed by atoms with Gasteiger partial charge in [0.1, 0.15) is 0 Å². The minimum Gasteiger partial charge on any atom is -0.309 e. The average Bonchev–Trinajstić information content (AvgIpc) is 2.88. The Morgan fingerprint density at radius 1 is 1.20 bits per heavy atom. The zero-order valence-corrected chi connectivity index (χ0v) is 12.4. The molecule has 0 spiro atoms. The first-order valence-electron chi connectivity index (χ1n) is 6.57. The van der Waals surface area contributed by atoms with Crippen LogP contribution in [-0.4, -0.2) is 4.92 Å². The Bertz CT molecular complexity index is 576. The minimum absolute atomic E-state index is 0.197. The molecule has 0 aliphatic rings. The largest absolute Gasteiger partial charge is 0.324 e. The van der Waals surface area contributed by atoms with Crippen molar-refractivity contribution >= 4 is 16.3 Å². The second-order valence-corrected chi connectivity index (χ2v) is 5.94. The summed E-state index contributed by atoms with van der Waals surface area (Å²) in [4.78, 5) is 10.2. The lowest BCUT2D eigenvalue weighted by molar-refractivity contribution is -0.380. The SMILES string of the molecule is CC(C)c1ccc(CNCc2csc([N+](=O)[O-])c2)cc1. The fourth-order valence-corrected chi connectivity index (χ4v) is 2.65. The van der Waals surface area contributed by atoms with E-state index in [0.717, 1.165) is 12.1 Å². The number of hydrogen-bond acceptors (Lipinski definition) is 4. The van der Waals surface area contributed by atoms with Gasteiger partial charge in [0.25, 0.3) is 0 Å². The highest BCUT2D eigenvalue weighted by Gasteiger charge is 2.08. The van der Waals surface area contributed by atoms with E-state index in [2.05, 4.69) is 43.4 Å². The van der Waals surface area contributed by atoms with E-state index in [-0.39, 0.29) is 9.92 Å². The van der Waals surface area contributed by atoms with Gasteiger partial charge in [0.2, 0.25) is 0 Å². The molecular formula is C15H18N2O2S. The van der Waals surface area contributed by atoms with Crippen LogP contribution in [0.5, 0.6) is 0 Å². The van der Waals surface area contributed by atoms with Gasteiger partial charge in [-0.3, -0.25) is 10.1 Å². The Kier molecular flexibility index (Phi) is 4.87. The van der Waals surface area contributed by atoms with Crippen molar-refractivity contribution in [1.29, 1.82) is 0 Å². The van der Waals surface area contributed by atoms with Crippen molar-refractivity contribution < 1.29 is 4.92 Å². The molecular weight excluding hydrogens is 272 g/mol. The van der Waals surface area contributed by atoms with E-state index in [1.807, 2.05) is 5.38 Å². The van der Waals surface area contributed by atoms with Crippen LogP contribution in [0.1, 0.15) is 36.5 Å². The van der Waals surface area contributed by atoms with Crippen molar-refractivity contribution in [3.8, 4) is 0 Å². The van der Waals surface area contributed by atoms with Gasteiger partial charge in [-0.25, -0.2) is 0 Å². The Morgan fingerprint density at radius 3 is 2.40 bits per heavy atom. The lowest BCUT2D eigenvalue weighted by Gasteiger charge is -2.07. The Labute approximate surface area is 122 Å². The van der Waals surface area contributed by atoms with Crippen molar-refractivity contribution in [3.05, 3.63) is 62.5 Å². The van der Waals surface area contributed by atoms with Gasteiger partial charge in [-0.1, -0.05) is 49.4 Å². The molecule has 0 unspecified atom stereocenters. The Hall–Kier alpha value is -1.72. The van der Waals surface area contributed by atoms with Crippen LogP contribution in [0.25, 0.3) is 0 Å². The van der Waals surface area contributed by atoms with Crippen LogP contribution in [0.2, 0.25) is 0 Å². The molecule has 4 nitrogen and oxygen atoms in total. The molecule has 2 aromatic rings. The number of nitro groups is 1. The van der Waals surface area contributed by atoms with Gasteiger partial charge >= 0.3 is 5.00 Å². The predicted molar refractivity (Wildman–Crippen MR) is 82.0 cm³/mol. The normalized spacial score (nSPS) is 10.9. The molecule has 1 aromatic heterocycles. The Morgan fingerprint density at radius 2 is 1.85 bits per heavy atom. The number of hydrogen-bond donors (Lipinski definition) is 1. The highest BCUT2D eigenvalue weighted by atomic mass is 32.1. The molecule has 0 saturated carbocycles. The van der Waals surface area contributed by atoms with Crippen LogP contribution in [-0.2, 0) is 13.1 Å². The molecule has 1 aromatic carbocycles. The molecule has 0 aliphatic heterocycles. The summed E-state index contributed by atoms with van der Waals surface area (Å²) in [5.41, 5.74) is 3.52. The van der Waals surface area contributed by atoms with E-state index in [1.165, 1.54) is 22.5 Å². The molecule has 0 bridgehead atoms. The zero-order chi connectivity index (χ0) is 14.5. The molecule has 1 heterocycles. The first kappa shape index (κ1) is 14.7. The fraction of sp³-hybridized carbons (Fsp3) is 0.333. The molecule has 1 N–H and O–H groups in total. The molecule has 106 valence electrons. The first-order chi connectivity index (χ1) is 9.56. The van der Waals surface area contributed by atoms with E-state index in [0.29, 0.717) is 12.5 Å². The van der Waals surface area contributed by atoms with Crippen LogP contribution in [0, 0.1) is 10.1 Å². The van der Waals surface area contributed by atoms with E-state index < -0.39 is 0 Å². The Balaban J connectivity index is 1.84. The van der Waals surface area contributed by atoms with Crippen molar-refractivity contribution in [1.82, 2.24) is 5.32 Å². The van der Waals surface area contributed by atoms with Gasteiger partial charge in [0, 0.05) is 24.5 Å². The molecule has 0 saturated heterocycles. The minimum atomic E-state index is -0.348. The third-order valence-corrected chi connectivity index (χ3v) is 4.05. The average molecular weight is 290 g/mol. The van der Waals surface area contributed by atoms with Gasteiger partial charge in [-0.15, -0.1) is 0 Å². The maximum atomic E-state index is 10.6. The molecule has 0 radical (unpaired) electrons. The second-order valence-electron chi connectivity index (χ2n) is 5.05. The van der Waals surface area contributed by atoms with E-state index >= 15 is 0 Å². The molecule has 0 fully saturated rings. The van der Waals surface area contributed by atoms with E-state index in [4.69, 9.17) is 0 Å². The quantitative estimate of drug-likeness (QED) is 0.644. The molecule has 2 rings (SSSR count). The monoisotopic (exact) mass is 290 g/mol. The summed E-state index contributed by atoms with van der Waals surface area (Å²) < 4.78 is 0. The number of benzene rings is 1. The number of rotatable bonds is 6. The summed E-state index contributed by atoms with van der Waals surface area (Å²) in [6, 6.07) is 10.2. The van der Waals surface area contributed by atoms with Crippen molar-refractivity contribution in [2.24, 2.45) is 0 Å². The lowest BCUT2D eigenvalue weighted by Crippen LogP contribution is -2.12. The van der Waals surface area contributed by atoms with E-state index in [1.54, 1.807) is 6.07 Å². The fourth-order valence-electron chi connectivity index (χ4n) is 1.92. The summed E-state index contributed by atoms with van der Waals surface area (Å²) in [7, 11) is 0. The molecule has 5 heteroatoms. The van der Waals surface area contributed by atoms with Gasteiger partial charge in [0.05, 0.1) is 4.92 Å². The smallest absolute Gasteiger partial charge is 0.309 e. The van der Waals surface area contributed by atoms with Crippen molar-refractivity contribution in [2.75, 3.05) is 0 Å². The maximum Gasteiger partial charge on any atom is 0.324 e. The van der Waals surface area contributed by atoms with E-state index in [9.17, 15) is 10.1 Å². The topological polar surface area (TPSA) is 55.2 Å². The molecule has 0 amide bonds. The molecule has 0 atom stereocenters. The third kappa shape index (κ3) is 3.88. The highest BCUT2D eigenvalue weighted by molar-refractivity contribution is 7.13. The third-order valence-electron chi connectivity index (χ3n) is 3.12. The van der Waals surface area contributed by atoms with Gasteiger partial charge in [0.15, 0.2) is 0 Å². The first-order valence-corrected chi connectivity index (χ1v) is 7.45. The summed E-state index contributed by atoms with van der Waals surface area (Å²) in [5, 5.41) is 15.9. The zero-order valence-electron chi connectivity index (χ0n) is 11.6. The van der Waals surface area contributed by atoms with Crippen LogP contribution >= 0.6 is 11.3 Å². The summed E-state index contributed by atoms with van der Waals surface area (Å²) in [6.07, 6.45) is 0.